The van der Waals surface area contributed by atoms with E-state index in [1.807, 2.05) is 38.1 Å². The Hall–Kier alpha value is -2.10. The molecule has 0 fully saturated rings. The molecule has 1 aliphatic heterocycles. The highest BCUT2D eigenvalue weighted by molar-refractivity contribution is 6.07. The first-order valence-corrected chi connectivity index (χ1v) is 6.73. The number of carbonyl (C=O) groups is 2. The summed E-state index contributed by atoms with van der Waals surface area (Å²) in [5, 5.41) is 0. The van der Waals surface area contributed by atoms with Crippen LogP contribution in [0.2, 0.25) is 0 Å². The largest absolute Gasteiger partial charge is 0.463 e. The molecule has 0 spiro atoms. The fourth-order valence-corrected chi connectivity index (χ4v) is 2.43. The van der Waals surface area contributed by atoms with Crippen molar-refractivity contribution in [1.82, 2.24) is 0 Å². The van der Waals surface area contributed by atoms with Crippen molar-refractivity contribution in [3.05, 3.63) is 42.0 Å². The molecule has 0 saturated carbocycles. The van der Waals surface area contributed by atoms with Crippen molar-refractivity contribution in [2.45, 2.75) is 26.2 Å². The number of nitrogens with zero attached hydrogens (tertiary/aromatic N) is 1. The molecule has 0 atom stereocenters. The standard InChI is InChI=1S/C16H19NO3/c1-4-20-14(18)10-7-11-17-13-9-6-5-8-12(13)16(2,3)15(17)19/h5-10H,4,11H2,1-3H3/b10-7+. The van der Waals surface area contributed by atoms with Crippen LogP contribution in [0.1, 0.15) is 26.3 Å². The Morgan fingerprint density at radius 1 is 1.35 bits per heavy atom. The molecule has 1 heterocycles. The van der Waals surface area contributed by atoms with E-state index in [9.17, 15) is 9.59 Å². The summed E-state index contributed by atoms with van der Waals surface area (Å²) in [6, 6.07) is 7.75. The quantitative estimate of drug-likeness (QED) is 0.625. The topological polar surface area (TPSA) is 46.6 Å². The molecule has 0 saturated heterocycles. The van der Waals surface area contributed by atoms with Gasteiger partial charge in [-0.1, -0.05) is 24.3 Å². The summed E-state index contributed by atoms with van der Waals surface area (Å²) < 4.78 is 4.81. The highest BCUT2D eigenvalue weighted by atomic mass is 16.5. The lowest BCUT2D eigenvalue weighted by Gasteiger charge is -2.18. The molecule has 4 heteroatoms. The van der Waals surface area contributed by atoms with E-state index in [2.05, 4.69) is 0 Å². The van der Waals surface area contributed by atoms with Crippen LogP contribution in [0, 0.1) is 0 Å². The van der Waals surface area contributed by atoms with E-state index < -0.39 is 5.41 Å². The Kier molecular flexibility index (Phi) is 3.93. The van der Waals surface area contributed by atoms with Crippen LogP contribution >= 0.6 is 0 Å². The number of hydrogen-bond acceptors (Lipinski definition) is 3. The minimum Gasteiger partial charge on any atom is -0.463 e. The van der Waals surface area contributed by atoms with Crippen molar-refractivity contribution in [2.24, 2.45) is 0 Å². The van der Waals surface area contributed by atoms with Gasteiger partial charge in [-0.15, -0.1) is 0 Å². The van der Waals surface area contributed by atoms with E-state index >= 15 is 0 Å². The number of ether oxygens (including phenoxy) is 1. The molecule has 1 amide bonds. The average Bonchev–Trinajstić information content (AvgIpc) is 2.61. The van der Waals surface area contributed by atoms with Gasteiger partial charge in [-0.25, -0.2) is 4.79 Å². The van der Waals surface area contributed by atoms with Crippen molar-refractivity contribution >= 4 is 17.6 Å². The van der Waals surface area contributed by atoms with Gasteiger partial charge in [-0.3, -0.25) is 4.79 Å². The highest BCUT2D eigenvalue weighted by Crippen LogP contribution is 2.40. The fourth-order valence-electron chi connectivity index (χ4n) is 2.43. The molecule has 0 unspecified atom stereocenters. The van der Waals surface area contributed by atoms with E-state index in [0.717, 1.165) is 11.3 Å². The molecule has 0 aromatic heterocycles. The summed E-state index contributed by atoms with van der Waals surface area (Å²) in [5.41, 5.74) is 1.42. The Balaban J connectivity index is 2.18. The third-order valence-corrected chi connectivity index (χ3v) is 3.48. The molecule has 0 N–H and O–H groups in total. The van der Waals surface area contributed by atoms with Crippen molar-refractivity contribution in [2.75, 3.05) is 18.1 Å². The van der Waals surface area contributed by atoms with Gasteiger partial charge in [0.2, 0.25) is 5.91 Å². The summed E-state index contributed by atoms with van der Waals surface area (Å²) >= 11 is 0. The van der Waals surface area contributed by atoms with Gasteiger partial charge >= 0.3 is 5.97 Å². The minimum atomic E-state index is -0.519. The van der Waals surface area contributed by atoms with E-state index in [1.165, 1.54) is 6.08 Å². The number of rotatable bonds is 4. The molecule has 0 radical (unpaired) electrons. The molecule has 2 rings (SSSR count). The Labute approximate surface area is 119 Å². The Bertz CT molecular complexity index is 561. The van der Waals surface area contributed by atoms with Crippen LogP contribution in [-0.2, 0) is 19.7 Å². The molecular weight excluding hydrogens is 254 g/mol. The molecule has 20 heavy (non-hydrogen) atoms. The maximum Gasteiger partial charge on any atom is 0.330 e. The molecule has 1 aromatic carbocycles. The van der Waals surface area contributed by atoms with Gasteiger partial charge in [0.05, 0.1) is 12.0 Å². The predicted molar refractivity (Wildman–Crippen MR) is 77.6 cm³/mol. The summed E-state index contributed by atoms with van der Waals surface area (Å²) in [7, 11) is 0. The third kappa shape index (κ3) is 2.46. The summed E-state index contributed by atoms with van der Waals surface area (Å²) in [6.45, 7) is 6.32. The van der Waals surface area contributed by atoms with Gasteiger partial charge in [-0.2, -0.15) is 0 Å². The molecule has 0 aliphatic carbocycles. The molecular formula is C16H19NO3. The van der Waals surface area contributed by atoms with Crippen LogP contribution in [0.4, 0.5) is 5.69 Å². The number of anilines is 1. The Morgan fingerprint density at radius 3 is 2.75 bits per heavy atom. The second kappa shape index (κ2) is 5.49. The summed E-state index contributed by atoms with van der Waals surface area (Å²) in [5.74, 6) is -0.334. The minimum absolute atomic E-state index is 0.0483. The Morgan fingerprint density at radius 2 is 2.05 bits per heavy atom. The zero-order chi connectivity index (χ0) is 14.8. The van der Waals surface area contributed by atoms with Gasteiger partial charge in [0.1, 0.15) is 0 Å². The number of hydrogen-bond donors (Lipinski definition) is 0. The first kappa shape index (κ1) is 14.3. The highest BCUT2D eigenvalue weighted by Gasteiger charge is 2.42. The van der Waals surface area contributed by atoms with E-state index in [0.29, 0.717) is 13.2 Å². The van der Waals surface area contributed by atoms with E-state index in [1.54, 1.807) is 17.9 Å². The number of carbonyl (C=O) groups excluding carboxylic acids is 2. The van der Waals surface area contributed by atoms with Gasteiger partial charge in [0.25, 0.3) is 0 Å². The summed E-state index contributed by atoms with van der Waals surface area (Å²) in [4.78, 5) is 25.4. The van der Waals surface area contributed by atoms with Gasteiger partial charge in [0, 0.05) is 18.3 Å². The molecule has 0 bridgehead atoms. The van der Waals surface area contributed by atoms with Crippen LogP contribution in [-0.4, -0.2) is 25.0 Å². The number of amides is 1. The van der Waals surface area contributed by atoms with Crippen LogP contribution in [0.5, 0.6) is 0 Å². The van der Waals surface area contributed by atoms with Gasteiger partial charge in [-0.05, 0) is 32.4 Å². The monoisotopic (exact) mass is 273 g/mol. The molecule has 1 aliphatic rings. The SMILES string of the molecule is CCOC(=O)/C=C/CN1C(=O)C(C)(C)c2ccccc21. The predicted octanol–water partition coefficient (Wildman–Crippen LogP) is 2.43. The van der Waals surface area contributed by atoms with Crippen molar-refractivity contribution in [1.29, 1.82) is 0 Å². The first-order valence-electron chi connectivity index (χ1n) is 6.73. The number of benzene rings is 1. The average molecular weight is 273 g/mol. The van der Waals surface area contributed by atoms with Crippen molar-refractivity contribution in [3.63, 3.8) is 0 Å². The lowest BCUT2D eigenvalue weighted by Crippen LogP contribution is -2.36. The fraction of sp³-hybridized carbons (Fsp3) is 0.375. The third-order valence-electron chi connectivity index (χ3n) is 3.48. The zero-order valence-electron chi connectivity index (χ0n) is 12.1. The van der Waals surface area contributed by atoms with E-state index in [-0.39, 0.29) is 11.9 Å². The summed E-state index contributed by atoms with van der Waals surface area (Å²) in [6.07, 6.45) is 3.03. The van der Waals surface area contributed by atoms with Crippen molar-refractivity contribution < 1.29 is 14.3 Å². The molecule has 106 valence electrons. The lowest BCUT2D eigenvalue weighted by atomic mass is 9.86. The van der Waals surface area contributed by atoms with Gasteiger partial charge < -0.3 is 9.64 Å². The number of fused-ring (bicyclic) bond motifs is 1. The molecule has 1 aromatic rings. The maximum atomic E-state index is 12.5. The number of para-hydroxylation sites is 1. The number of esters is 1. The van der Waals surface area contributed by atoms with Crippen LogP contribution in [0.3, 0.4) is 0 Å². The lowest BCUT2D eigenvalue weighted by molar-refractivity contribution is -0.137. The second-order valence-electron chi connectivity index (χ2n) is 5.21. The maximum absolute atomic E-state index is 12.5. The molecule has 4 nitrogen and oxygen atoms in total. The van der Waals surface area contributed by atoms with Crippen LogP contribution in [0.25, 0.3) is 0 Å². The van der Waals surface area contributed by atoms with E-state index in [4.69, 9.17) is 4.74 Å². The van der Waals surface area contributed by atoms with Crippen molar-refractivity contribution in [3.8, 4) is 0 Å². The van der Waals surface area contributed by atoms with Crippen LogP contribution in [0.15, 0.2) is 36.4 Å². The van der Waals surface area contributed by atoms with Crippen LogP contribution < -0.4 is 4.90 Å². The smallest absolute Gasteiger partial charge is 0.330 e. The zero-order valence-corrected chi connectivity index (χ0v) is 12.1. The second-order valence-corrected chi connectivity index (χ2v) is 5.21. The normalized spacial score (nSPS) is 16.6. The first-order chi connectivity index (χ1) is 9.48. The van der Waals surface area contributed by atoms with Gasteiger partial charge in [0.15, 0.2) is 0 Å².